The highest BCUT2D eigenvalue weighted by Gasteiger charge is 2.53. The van der Waals surface area contributed by atoms with Crippen LogP contribution in [0.15, 0.2) is 29.3 Å². The lowest BCUT2D eigenvalue weighted by atomic mass is 10.0. The number of isocyanates is 1. The number of halogens is 1. The molecule has 2 rings (SSSR count). The molecule has 0 aromatic heterocycles. The van der Waals surface area contributed by atoms with E-state index in [1.54, 1.807) is 18.2 Å². The van der Waals surface area contributed by atoms with Crippen molar-refractivity contribution in [3.63, 3.8) is 0 Å². The fraction of sp³-hybridized carbons (Fsp3) is 0.364. The van der Waals surface area contributed by atoms with Crippen LogP contribution in [0.3, 0.4) is 0 Å². The summed E-state index contributed by atoms with van der Waals surface area (Å²) in [6.07, 6.45) is 2.44. The highest BCUT2D eigenvalue weighted by atomic mass is 19.1. The molecule has 1 aromatic rings. The van der Waals surface area contributed by atoms with Gasteiger partial charge in [0.2, 0.25) is 6.08 Å². The Kier molecular flexibility index (Phi) is 1.97. The van der Waals surface area contributed by atoms with E-state index >= 15 is 0 Å². The predicted octanol–water partition coefficient (Wildman–Crippen LogP) is 2.40. The van der Waals surface area contributed by atoms with Gasteiger partial charge in [-0.1, -0.05) is 19.1 Å². The number of rotatable bonds is 2. The van der Waals surface area contributed by atoms with Crippen LogP contribution < -0.4 is 0 Å². The van der Waals surface area contributed by atoms with Crippen LogP contribution in [-0.2, 0) is 10.3 Å². The van der Waals surface area contributed by atoms with Gasteiger partial charge in [0.15, 0.2) is 0 Å². The molecule has 3 heteroatoms. The van der Waals surface area contributed by atoms with Crippen LogP contribution in [0.1, 0.15) is 18.9 Å². The Bertz CT molecular complexity index is 394. The number of aliphatic imine (C=N–C) groups is 1. The van der Waals surface area contributed by atoms with Gasteiger partial charge in [0, 0.05) is 0 Å². The Balaban J connectivity index is 2.39. The average molecular weight is 191 g/mol. The number of hydrogen-bond acceptors (Lipinski definition) is 2. The minimum Gasteiger partial charge on any atom is -0.211 e. The maximum atomic E-state index is 12.7. The zero-order valence-corrected chi connectivity index (χ0v) is 7.83. The fourth-order valence-corrected chi connectivity index (χ4v) is 1.85. The van der Waals surface area contributed by atoms with Gasteiger partial charge in [-0.15, -0.1) is 0 Å². The van der Waals surface area contributed by atoms with Crippen molar-refractivity contribution >= 4 is 6.08 Å². The predicted molar refractivity (Wildman–Crippen MR) is 50.0 cm³/mol. The van der Waals surface area contributed by atoms with E-state index in [1.165, 1.54) is 12.1 Å². The van der Waals surface area contributed by atoms with E-state index in [-0.39, 0.29) is 5.82 Å². The first-order chi connectivity index (χ1) is 6.69. The van der Waals surface area contributed by atoms with Gasteiger partial charge in [-0.25, -0.2) is 9.18 Å². The molecule has 1 aromatic carbocycles. The molecule has 0 radical (unpaired) electrons. The topological polar surface area (TPSA) is 29.4 Å². The second-order valence-electron chi connectivity index (χ2n) is 3.74. The lowest BCUT2D eigenvalue weighted by molar-refractivity contribution is 0.551. The van der Waals surface area contributed by atoms with Gasteiger partial charge in [-0.05, 0) is 30.0 Å². The molecule has 2 unspecified atom stereocenters. The molecule has 0 spiro atoms. The molecule has 2 atom stereocenters. The van der Waals surface area contributed by atoms with Gasteiger partial charge in [0.05, 0.1) is 0 Å². The molecule has 0 heterocycles. The summed E-state index contributed by atoms with van der Waals surface area (Å²) in [5.41, 5.74) is 0.477. The molecule has 2 nitrogen and oxygen atoms in total. The Morgan fingerprint density at radius 1 is 1.50 bits per heavy atom. The number of hydrogen-bond donors (Lipinski definition) is 0. The van der Waals surface area contributed by atoms with Crippen LogP contribution in [0.4, 0.5) is 4.39 Å². The van der Waals surface area contributed by atoms with Crippen LogP contribution in [-0.4, -0.2) is 6.08 Å². The quantitative estimate of drug-likeness (QED) is 0.521. The minimum atomic E-state index is -0.421. The molecule has 72 valence electrons. The summed E-state index contributed by atoms with van der Waals surface area (Å²) in [6, 6.07) is 6.14. The van der Waals surface area contributed by atoms with Crippen LogP contribution in [0, 0.1) is 11.7 Å². The molecule has 1 saturated carbocycles. The summed E-state index contributed by atoms with van der Waals surface area (Å²) in [5.74, 6) is 0.0710. The summed E-state index contributed by atoms with van der Waals surface area (Å²) in [7, 11) is 0. The van der Waals surface area contributed by atoms with E-state index in [4.69, 9.17) is 0 Å². The smallest absolute Gasteiger partial charge is 0.211 e. The number of carbonyl (C=O) groups excluding carboxylic acids is 1. The van der Waals surface area contributed by atoms with Crippen molar-refractivity contribution in [2.75, 3.05) is 0 Å². The summed E-state index contributed by atoms with van der Waals surface area (Å²) < 4.78 is 12.7. The SMILES string of the molecule is CC1CC1(N=C=O)c1ccc(F)cc1. The summed E-state index contributed by atoms with van der Waals surface area (Å²) >= 11 is 0. The van der Waals surface area contributed by atoms with Crippen molar-refractivity contribution < 1.29 is 9.18 Å². The molecule has 0 amide bonds. The zero-order valence-electron chi connectivity index (χ0n) is 7.83. The maximum Gasteiger partial charge on any atom is 0.235 e. The second-order valence-corrected chi connectivity index (χ2v) is 3.74. The van der Waals surface area contributed by atoms with Crippen molar-refractivity contribution in [2.24, 2.45) is 10.9 Å². The van der Waals surface area contributed by atoms with Gasteiger partial charge in [-0.2, -0.15) is 4.99 Å². The zero-order chi connectivity index (χ0) is 10.2. The van der Waals surface area contributed by atoms with Gasteiger partial charge in [-0.3, -0.25) is 0 Å². The average Bonchev–Trinajstić information content (AvgIpc) is 2.79. The van der Waals surface area contributed by atoms with E-state index in [1.807, 2.05) is 6.92 Å². The lowest BCUT2D eigenvalue weighted by Crippen LogP contribution is -2.05. The molecule has 1 aliphatic carbocycles. The van der Waals surface area contributed by atoms with Gasteiger partial charge < -0.3 is 0 Å². The molecule has 1 aliphatic rings. The van der Waals surface area contributed by atoms with E-state index in [0.29, 0.717) is 5.92 Å². The summed E-state index contributed by atoms with van der Waals surface area (Å²) in [6.45, 7) is 2.02. The molecular weight excluding hydrogens is 181 g/mol. The first-order valence-electron chi connectivity index (χ1n) is 4.54. The monoisotopic (exact) mass is 191 g/mol. The van der Waals surface area contributed by atoms with Crippen LogP contribution in [0.25, 0.3) is 0 Å². The molecular formula is C11H10FNO. The van der Waals surface area contributed by atoms with Gasteiger partial charge >= 0.3 is 0 Å². The highest BCUT2D eigenvalue weighted by molar-refractivity contribution is 5.42. The highest BCUT2D eigenvalue weighted by Crippen LogP contribution is 2.54. The Hall–Kier alpha value is -1.47. The molecule has 0 bridgehead atoms. The third-order valence-corrected chi connectivity index (χ3v) is 2.86. The van der Waals surface area contributed by atoms with Crippen molar-refractivity contribution in [2.45, 2.75) is 18.9 Å². The van der Waals surface area contributed by atoms with E-state index in [9.17, 15) is 9.18 Å². The van der Waals surface area contributed by atoms with Gasteiger partial charge in [0.25, 0.3) is 0 Å². The molecule has 0 saturated heterocycles. The first kappa shape index (κ1) is 9.10. The first-order valence-corrected chi connectivity index (χ1v) is 4.54. The Labute approximate surface area is 81.5 Å². The van der Waals surface area contributed by atoms with E-state index in [2.05, 4.69) is 4.99 Å². The van der Waals surface area contributed by atoms with Crippen molar-refractivity contribution in [1.29, 1.82) is 0 Å². The third kappa shape index (κ3) is 1.26. The van der Waals surface area contributed by atoms with Crippen molar-refractivity contribution in [1.82, 2.24) is 0 Å². The standard InChI is InChI=1S/C11H10FNO/c1-8-6-11(8,13-7-14)9-2-4-10(12)5-3-9/h2-5,8H,6H2,1H3. The maximum absolute atomic E-state index is 12.7. The molecule has 14 heavy (non-hydrogen) atoms. The molecule has 0 N–H and O–H groups in total. The molecule has 1 fully saturated rings. The summed E-state index contributed by atoms with van der Waals surface area (Å²) in [5, 5.41) is 0. The number of nitrogens with zero attached hydrogens (tertiary/aromatic N) is 1. The lowest BCUT2D eigenvalue weighted by Gasteiger charge is -2.08. The van der Waals surface area contributed by atoms with Gasteiger partial charge in [0.1, 0.15) is 11.4 Å². The van der Waals surface area contributed by atoms with E-state index < -0.39 is 5.54 Å². The molecule has 0 aliphatic heterocycles. The van der Waals surface area contributed by atoms with Crippen LogP contribution in [0.2, 0.25) is 0 Å². The third-order valence-electron chi connectivity index (χ3n) is 2.86. The Morgan fingerprint density at radius 3 is 2.50 bits per heavy atom. The van der Waals surface area contributed by atoms with Crippen LogP contribution >= 0.6 is 0 Å². The normalized spacial score (nSPS) is 29.4. The second kappa shape index (κ2) is 3.03. The van der Waals surface area contributed by atoms with Crippen molar-refractivity contribution in [3.05, 3.63) is 35.6 Å². The Morgan fingerprint density at radius 2 is 2.07 bits per heavy atom. The van der Waals surface area contributed by atoms with Crippen molar-refractivity contribution in [3.8, 4) is 0 Å². The van der Waals surface area contributed by atoms with E-state index in [0.717, 1.165) is 12.0 Å². The summed E-state index contributed by atoms with van der Waals surface area (Å²) in [4.78, 5) is 14.1. The fourth-order valence-electron chi connectivity index (χ4n) is 1.85. The van der Waals surface area contributed by atoms with Crippen LogP contribution in [0.5, 0.6) is 0 Å². The minimum absolute atomic E-state index is 0.271. The number of benzene rings is 1. The largest absolute Gasteiger partial charge is 0.235 e.